The molecule has 2 aromatic heterocycles. The number of carbonyl (C=O) groups excluding carboxylic acids is 1. The van der Waals surface area contributed by atoms with Gasteiger partial charge in [0, 0.05) is 28.9 Å². The minimum Gasteiger partial charge on any atom is -0.507 e. The second-order valence-corrected chi connectivity index (χ2v) is 10.9. The van der Waals surface area contributed by atoms with Crippen molar-refractivity contribution in [1.29, 1.82) is 0 Å². The normalized spacial score (nSPS) is 17.7. The van der Waals surface area contributed by atoms with E-state index in [-0.39, 0.29) is 11.8 Å². The fourth-order valence-electron chi connectivity index (χ4n) is 4.51. The molecule has 0 atom stereocenters. The predicted molar refractivity (Wildman–Crippen MR) is 126 cm³/mol. The van der Waals surface area contributed by atoms with Crippen LogP contribution in [-0.2, 0) is 4.74 Å². The van der Waals surface area contributed by atoms with Crippen molar-refractivity contribution in [3.8, 4) is 17.0 Å². The SMILES string of the molecule is CC(C)(C)OC(=O)N1CCC(c2sc3nnc(-c4ccccc4O)cc3c2C2CC2)CC1. The van der Waals surface area contributed by atoms with Crippen molar-refractivity contribution in [3.05, 3.63) is 40.8 Å². The Morgan fingerprint density at radius 2 is 1.81 bits per heavy atom. The first kappa shape index (κ1) is 21.2. The number of likely N-dealkylation sites (tertiary alicyclic amines) is 1. The Morgan fingerprint density at radius 3 is 2.47 bits per heavy atom. The van der Waals surface area contributed by atoms with Crippen LogP contribution in [0.3, 0.4) is 0 Å². The van der Waals surface area contributed by atoms with Gasteiger partial charge in [0.05, 0.1) is 5.69 Å². The van der Waals surface area contributed by atoms with E-state index in [0.717, 1.165) is 17.7 Å². The maximum atomic E-state index is 12.5. The van der Waals surface area contributed by atoms with Gasteiger partial charge in [-0.05, 0) is 82.1 Å². The molecule has 6 nitrogen and oxygen atoms in total. The number of amides is 1. The highest BCUT2D eigenvalue weighted by Crippen LogP contribution is 2.51. The van der Waals surface area contributed by atoms with E-state index in [9.17, 15) is 9.90 Å². The van der Waals surface area contributed by atoms with Crippen LogP contribution in [0.5, 0.6) is 5.75 Å². The molecule has 2 fully saturated rings. The molecule has 7 heteroatoms. The quantitative estimate of drug-likeness (QED) is 0.524. The Morgan fingerprint density at radius 1 is 1.09 bits per heavy atom. The molecular weight excluding hydrogens is 422 g/mol. The topological polar surface area (TPSA) is 75.5 Å². The van der Waals surface area contributed by atoms with Gasteiger partial charge in [-0.15, -0.1) is 21.5 Å². The number of ether oxygens (including phenoxy) is 1. The third kappa shape index (κ3) is 4.18. The van der Waals surface area contributed by atoms with Gasteiger partial charge in [-0.2, -0.15) is 0 Å². The van der Waals surface area contributed by atoms with Gasteiger partial charge < -0.3 is 14.7 Å². The highest BCUT2D eigenvalue weighted by Gasteiger charge is 2.35. The molecule has 1 N–H and O–H groups in total. The zero-order valence-corrected chi connectivity index (χ0v) is 19.6. The molecule has 3 heterocycles. The number of phenolic OH excluding ortho intramolecular Hbond substituents is 1. The number of piperidine rings is 1. The van der Waals surface area contributed by atoms with Crippen LogP contribution in [0.2, 0.25) is 0 Å². The fourth-order valence-corrected chi connectivity index (χ4v) is 5.87. The lowest BCUT2D eigenvalue weighted by Gasteiger charge is -2.33. The molecule has 1 aliphatic carbocycles. The van der Waals surface area contributed by atoms with E-state index < -0.39 is 5.60 Å². The number of benzene rings is 1. The number of phenols is 1. The molecule has 168 valence electrons. The van der Waals surface area contributed by atoms with Crippen LogP contribution >= 0.6 is 11.3 Å². The summed E-state index contributed by atoms with van der Waals surface area (Å²) in [5, 5.41) is 20.4. The monoisotopic (exact) mass is 451 g/mol. The lowest BCUT2D eigenvalue weighted by atomic mass is 9.91. The van der Waals surface area contributed by atoms with Crippen LogP contribution in [-0.4, -0.2) is 45.0 Å². The Kier molecular flexibility index (Phi) is 5.32. The first-order valence-corrected chi connectivity index (χ1v) is 12.2. The number of aromatic hydroxyl groups is 1. The summed E-state index contributed by atoms with van der Waals surface area (Å²) in [6.07, 6.45) is 4.08. The van der Waals surface area contributed by atoms with E-state index in [2.05, 4.69) is 16.3 Å². The van der Waals surface area contributed by atoms with E-state index in [1.54, 1.807) is 17.4 Å². The maximum Gasteiger partial charge on any atom is 0.410 e. The van der Waals surface area contributed by atoms with Crippen LogP contribution in [0.1, 0.15) is 68.7 Å². The Labute approximate surface area is 192 Å². The molecular formula is C25H29N3O3S. The van der Waals surface area contributed by atoms with Gasteiger partial charge in [0.15, 0.2) is 0 Å². The molecule has 3 aromatic rings. The molecule has 0 spiro atoms. The molecule has 2 aliphatic rings. The number of para-hydroxylation sites is 1. The van der Waals surface area contributed by atoms with Gasteiger partial charge >= 0.3 is 6.09 Å². The molecule has 1 saturated carbocycles. The summed E-state index contributed by atoms with van der Waals surface area (Å²) in [4.78, 5) is 16.7. The lowest BCUT2D eigenvalue weighted by Crippen LogP contribution is -2.41. The number of nitrogens with zero attached hydrogens (tertiary/aromatic N) is 3. The standard InChI is InChI=1S/C25H29N3O3S/c1-25(2,3)31-24(30)28-12-10-16(11-13-28)22-21(15-8-9-15)18-14-19(26-27-23(18)32-22)17-6-4-5-7-20(17)29/h4-7,14-16,29H,8-13H2,1-3H3. The smallest absolute Gasteiger partial charge is 0.410 e. The molecule has 0 unspecified atom stereocenters. The molecule has 1 aliphatic heterocycles. The van der Waals surface area contributed by atoms with E-state index in [1.807, 2.05) is 43.9 Å². The number of hydrogen-bond acceptors (Lipinski definition) is 6. The van der Waals surface area contributed by atoms with Crippen LogP contribution in [0.25, 0.3) is 21.5 Å². The zero-order chi connectivity index (χ0) is 22.5. The second-order valence-electron chi connectivity index (χ2n) is 9.86. The summed E-state index contributed by atoms with van der Waals surface area (Å²) in [6, 6.07) is 9.37. The minimum absolute atomic E-state index is 0.215. The largest absolute Gasteiger partial charge is 0.507 e. The average molecular weight is 452 g/mol. The van der Waals surface area contributed by atoms with Crippen molar-refractivity contribution in [3.63, 3.8) is 0 Å². The first-order chi connectivity index (χ1) is 15.3. The van der Waals surface area contributed by atoms with Crippen LogP contribution in [0.4, 0.5) is 4.79 Å². The molecule has 1 amide bonds. The van der Waals surface area contributed by atoms with E-state index >= 15 is 0 Å². The number of rotatable bonds is 3. The number of carbonyl (C=O) groups is 1. The van der Waals surface area contributed by atoms with Crippen LogP contribution < -0.4 is 0 Å². The maximum absolute atomic E-state index is 12.5. The van der Waals surface area contributed by atoms with Gasteiger partial charge in [-0.3, -0.25) is 0 Å². The molecule has 1 aromatic carbocycles. The molecule has 1 saturated heterocycles. The Balaban J connectivity index is 1.42. The van der Waals surface area contributed by atoms with Crippen LogP contribution in [0, 0.1) is 0 Å². The highest BCUT2D eigenvalue weighted by molar-refractivity contribution is 7.19. The van der Waals surface area contributed by atoms with Gasteiger partial charge in [-0.1, -0.05) is 12.1 Å². The van der Waals surface area contributed by atoms with Crippen molar-refractivity contribution >= 4 is 27.6 Å². The Hall–Kier alpha value is -2.67. The number of thiophene rings is 1. The Bertz CT molecular complexity index is 1150. The lowest BCUT2D eigenvalue weighted by molar-refractivity contribution is 0.0205. The van der Waals surface area contributed by atoms with Crippen molar-refractivity contribution in [2.45, 2.75) is 63.9 Å². The van der Waals surface area contributed by atoms with Crippen molar-refractivity contribution < 1.29 is 14.6 Å². The molecule has 0 bridgehead atoms. The second kappa shape index (κ2) is 8.03. The number of aromatic nitrogens is 2. The van der Waals surface area contributed by atoms with E-state index in [4.69, 9.17) is 4.74 Å². The minimum atomic E-state index is -0.470. The molecule has 5 rings (SSSR count). The third-order valence-corrected chi connectivity index (χ3v) is 7.47. The van der Waals surface area contributed by atoms with Gasteiger partial charge in [-0.25, -0.2) is 4.79 Å². The van der Waals surface area contributed by atoms with Crippen molar-refractivity contribution in [1.82, 2.24) is 15.1 Å². The zero-order valence-electron chi connectivity index (χ0n) is 18.8. The fraction of sp³-hybridized carbons (Fsp3) is 0.480. The number of fused-ring (bicyclic) bond motifs is 1. The predicted octanol–water partition coefficient (Wildman–Crippen LogP) is 6.06. The van der Waals surface area contributed by atoms with Gasteiger partial charge in [0.2, 0.25) is 0 Å². The third-order valence-electron chi connectivity index (χ3n) is 6.21. The van der Waals surface area contributed by atoms with Gasteiger partial charge in [0.25, 0.3) is 0 Å². The summed E-state index contributed by atoms with van der Waals surface area (Å²) in [7, 11) is 0. The van der Waals surface area contributed by atoms with Gasteiger partial charge in [0.1, 0.15) is 16.2 Å². The van der Waals surface area contributed by atoms with Crippen LogP contribution in [0.15, 0.2) is 30.3 Å². The van der Waals surface area contributed by atoms with Crippen molar-refractivity contribution in [2.75, 3.05) is 13.1 Å². The van der Waals surface area contributed by atoms with E-state index in [0.29, 0.717) is 36.2 Å². The summed E-state index contributed by atoms with van der Waals surface area (Å²) in [6.45, 7) is 7.14. The van der Waals surface area contributed by atoms with E-state index in [1.165, 1.54) is 28.7 Å². The molecule has 32 heavy (non-hydrogen) atoms. The summed E-state index contributed by atoms with van der Waals surface area (Å²) < 4.78 is 5.55. The molecule has 0 radical (unpaired) electrons. The van der Waals surface area contributed by atoms with Crippen molar-refractivity contribution in [2.24, 2.45) is 0 Å². The average Bonchev–Trinajstić information content (AvgIpc) is 3.52. The highest BCUT2D eigenvalue weighted by atomic mass is 32.1. The summed E-state index contributed by atoms with van der Waals surface area (Å²) in [5.74, 6) is 1.24. The summed E-state index contributed by atoms with van der Waals surface area (Å²) >= 11 is 1.76. The number of hydrogen-bond donors (Lipinski definition) is 1. The summed E-state index contributed by atoms with van der Waals surface area (Å²) in [5.41, 5.74) is 2.37. The first-order valence-electron chi connectivity index (χ1n) is 11.4.